The SMILES string of the molecule is CCCCCCCC(N)CCCCCCCCCCCN. The molecule has 2 nitrogen and oxygen atoms in total. The number of hydrogen-bond donors (Lipinski definition) is 2. The monoisotopic (exact) mass is 298 g/mol. The predicted octanol–water partition coefficient (Wildman–Crippen LogP) is 5.53. The van der Waals surface area contributed by atoms with Gasteiger partial charge in [0.1, 0.15) is 0 Å². The highest BCUT2D eigenvalue weighted by atomic mass is 14.6. The second-order valence-electron chi connectivity index (χ2n) is 6.72. The molecule has 0 aliphatic heterocycles. The van der Waals surface area contributed by atoms with Gasteiger partial charge in [0.05, 0.1) is 0 Å². The Morgan fingerprint density at radius 3 is 1.38 bits per heavy atom. The second kappa shape index (κ2) is 18.0. The maximum atomic E-state index is 6.19. The van der Waals surface area contributed by atoms with Crippen molar-refractivity contribution in [1.29, 1.82) is 0 Å². The molecule has 4 N–H and O–H groups in total. The topological polar surface area (TPSA) is 52.0 Å². The summed E-state index contributed by atoms with van der Waals surface area (Å²) in [6.45, 7) is 3.13. The van der Waals surface area contributed by atoms with Crippen LogP contribution < -0.4 is 11.5 Å². The van der Waals surface area contributed by atoms with Crippen molar-refractivity contribution in [3.63, 3.8) is 0 Å². The van der Waals surface area contributed by atoms with Crippen LogP contribution in [0.2, 0.25) is 0 Å². The molecule has 0 aromatic rings. The van der Waals surface area contributed by atoms with Crippen LogP contribution in [0.15, 0.2) is 0 Å². The van der Waals surface area contributed by atoms with Gasteiger partial charge in [-0.2, -0.15) is 0 Å². The Balaban J connectivity index is 3.09. The molecule has 0 aliphatic rings. The van der Waals surface area contributed by atoms with Crippen molar-refractivity contribution in [3.8, 4) is 0 Å². The van der Waals surface area contributed by atoms with E-state index in [9.17, 15) is 0 Å². The lowest BCUT2D eigenvalue weighted by Crippen LogP contribution is -2.19. The van der Waals surface area contributed by atoms with Crippen LogP contribution in [-0.4, -0.2) is 12.6 Å². The fraction of sp³-hybridized carbons (Fsp3) is 1.00. The van der Waals surface area contributed by atoms with Crippen LogP contribution in [-0.2, 0) is 0 Å². The Bertz CT molecular complexity index is 182. The molecule has 1 unspecified atom stereocenters. The minimum absolute atomic E-state index is 0.461. The average Bonchev–Trinajstić information content (AvgIpc) is 2.49. The van der Waals surface area contributed by atoms with E-state index in [0.717, 1.165) is 6.54 Å². The highest BCUT2D eigenvalue weighted by molar-refractivity contribution is 4.62. The Kier molecular flexibility index (Phi) is 17.9. The van der Waals surface area contributed by atoms with Gasteiger partial charge in [-0.05, 0) is 25.8 Å². The molecule has 128 valence electrons. The zero-order valence-corrected chi connectivity index (χ0v) is 14.8. The lowest BCUT2D eigenvalue weighted by atomic mass is 10.0. The van der Waals surface area contributed by atoms with E-state index >= 15 is 0 Å². The first-order valence-corrected chi connectivity index (χ1v) is 9.77. The fourth-order valence-electron chi connectivity index (χ4n) is 2.94. The first-order chi connectivity index (χ1) is 10.3. The second-order valence-corrected chi connectivity index (χ2v) is 6.72. The Labute approximate surface area is 134 Å². The first kappa shape index (κ1) is 20.9. The van der Waals surface area contributed by atoms with Gasteiger partial charge in [0.2, 0.25) is 0 Å². The number of hydrogen-bond acceptors (Lipinski definition) is 2. The quantitative estimate of drug-likeness (QED) is 0.347. The molecule has 2 heteroatoms. The van der Waals surface area contributed by atoms with Gasteiger partial charge >= 0.3 is 0 Å². The third-order valence-corrected chi connectivity index (χ3v) is 4.46. The molecular weight excluding hydrogens is 256 g/mol. The molecule has 0 spiro atoms. The summed E-state index contributed by atoms with van der Waals surface area (Å²) in [6, 6.07) is 0.461. The van der Waals surface area contributed by atoms with Gasteiger partial charge in [0.25, 0.3) is 0 Å². The summed E-state index contributed by atoms with van der Waals surface area (Å²) in [6.07, 6.45) is 21.6. The van der Waals surface area contributed by atoms with Crippen molar-refractivity contribution < 1.29 is 0 Å². The van der Waals surface area contributed by atoms with E-state index in [1.54, 1.807) is 0 Å². The normalized spacial score (nSPS) is 12.7. The van der Waals surface area contributed by atoms with Gasteiger partial charge < -0.3 is 11.5 Å². The summed E-state index contributed by atoms with van der Waals surface area (Å²) in [7, 11) is 0. The third kappa shape index (κ3) is 17.9. The van der Waals surface area contributed by atoms with Gasteiger partial charge in [-0.3, -0.25) is 0 Å². The van der Waals surface area contributed by atoms with Crippen LogP contribution in [0, 0.1) is 0 Å². The predicted molar refractivity (Wildman–Crippen MR) is 96.6 cm³/mol. The maximum Gasteiger partial charge on any atom is 0.00388 e. The molecule has 0 aliphatic carbocycles. The van der Waals surface area contributed by atoms with Gasteiger partial charge in [-0.15, -0.1) is 0 Å². The summed E-state index contributed by atoms with van der Waals surface area (Å²) in [5.74, 6) is 0. The molecule has 0 radical (unpaired) electrons. The molecule has 0 aromatic heterocycles. The average molecular weight is 299 g/mol. The van der Waals surface area contributed by atoms with Crippen molar-refractivity contribution in [3.05, 3.63) is 0 Å². The Morgan fingerprint density at radius 2 is 0.952 bits per heavy atom. The third-order valence-electron chi connectivity index (χ3n) is 4.46. The molecule has 0 saturated heterocycles. The van der Waals surface area contributed by atoms with Crippen molar-refractivity contribution >= 4 is 0 Å². The summed E-state index contributed by atoms with van der Waals surface area (Å²) in [5, 5.41) is 0. The van der Waals surface area contributed by atoms with Gasteiger partial charge in [0, 0.05) is 6.04 Å². The van der Waals surface area contributed by atoms with E-state index in [4.69, 9.17) is 11.5 Å². The zero-order valence-electron chi connectivity index (χ0n) is 14.8. The van der Waals surface area contributed by atoms with Crippen molar-refractivity contribution in [1.82, 2.24) is 0 Å². The molecular formula is C19H42N2. The Hall–Kier alpha value is -0.0800. The lowest BCUT2D eigenvalue weighted by Gasteiger charge is -2.11. The van der Waals surface area contributed by atoms with E-state index in [1.807, 2.05) is 0 Å². The number of nitrogens with two attached hydrogens (primary N) is 2. The molecule has 1 atom stereocenters. The highest BCUT2D eigenvalue weighted by Crippen LogP contribution is 2.13. The zero-order chi connectivity index (χ0) is 15.6. The first-order valence-electron chi connectivity index (χ1n) is 9.77. The molecule has 0 bridgehead atoms. The lowest BCUT2D eigenvalue weighted by molar-refractivity contribution is 0.482. The van der Waals surface area contributed by atoms with Crippen LogP contribution in [0.4, 0.5) is 0 Å². The number of rotatable bonds is 17. The largest absolute Gasteiger partial charge is 0.330 e. The maximum absolute atomic E-state index is 6.19. The molecule has 21 heavy (non-hydrogen) atoms. The van der Waals surface area contributed by atoms with Crippen molar-refractivity contribution in [2.24, 2.45) is 11.5 Å². The minimum atomic E-state index is 0.461. The molecule has 0 rings (SSSR count). The van der Waals surface area contributed by atoms with E-state index in [1.165, 1.54) is 103 Å². The van der Waals surface area contributed by atoms with Crippen LogP contribution in [0.5, 0.6) is 0 Å². The standard InChI is InChI=1S/C19H42N2/c1-2-3-4-10-13-16-19(21)17-14-11-8-6-5-7-9-12-15-18-20/h19H,2-18,20-21H2,1H3. The molecule has 0 heterocycles. The van der Waals surface area contributed by atoms with E-state index in [-0.39, 0.29) is 0 Å². The summed E-state index contributed by atoms with van der Waals surface area (Å²) in [4.78, 5) is 0. The smallest absolute Gasteiger partial charge is 0.00388 e. The molecule has 0 fully saturated rings. The van der Waals surface area contributed by atoms with E-state index in [2.05, 4.69) is 6.92 Å². The summed E-state index contributed by atoms with van der Waals surface area (Å²) in [5.41, 5.74) is 11.7. The molecule has 0 saturated carbocycles. The summed E-state index contributed by atoms with van der Waals surface area (Å²) < 4.78 is 0. The van der Waals surface area contributed by atoms with Crippen molar-refractivity contribution in [2.45, 2.75) is 116 Å². The van der Waals surface area contributed by atoms with Gasteiger partial charge in [-0.25, -0.2) is 0 Å². The highest BCUT2D eigenvalue weighted by Gasteiger charge is 2.02. The Morgan fingerprint density at radius 1 is 0.571 bits per heavy atom. The fourth-order valence-corrected chi connectivity index (χ4v) is 2.94. The van der Waals surface area contributed by atoms with Gasteiger partial charge in [0.15, 0.2) is 0 Å². The summed E-state index contributed by atoms with van der Waals surface area (Å²) >= 11 is 0. The van der Waals surface area contributed by atoms with E-state index < -0.39 is 0 Å². The number of unbranched alkanes of at least 4 members (excludes halogenated alkanes) is 12. The van der Waals surface area contributed by atoms with Crippen molar-refractivity contribution in [2.75, 3.05) is 6.54 Å². The van der Waals surface area contributed by atoms with Gasteiger partial charge in [-0.1, -0.05) is 90.4 Å². The van der Waals surface area contributed by atoms with Crippen LogP contribution in [0.1, 0.15) is 110 Å². The van der Waals surface area contributed by atoms with Crippen LogP contribution in [0.25, 0.3) is 0 Å². The van der Waals surface area contributed by atoms with Crippen LogP contribution in [0.3, 0.4) is 0 Å². The molecule has 0 amide bonds. The van der Waals surface area contributed by atoms with Crippen LogP contribution >= 0.6 is 0 Å². The molecule has 0 aromatic carbocycles. The van der Waals surface area contributed by atoms with E-state index in [0.29, 0.717) is 6.04 Å². The minimum Gasteiger partial charge on any atom is -0.330 e.